The van der Waals surface area contributed by atoms with Crippen LogP contribution in [0.15, 0.2) is 30.3 Å². The summed E-state index contributed by atoms with van der Waals surface area (Å²) in [5.41, 5.74) is 10.3. The van der Waals surface area contributed by atoms with Gasteiger partial charge in [0.15, 0.2) is 5.65 Å². The molecule has 2 heterocycles. The highest BCUT2D eigenvalue weighted by atomic mass is 15.3. The van der Waals surface area contributed by atoms with Gasteiger partial charge in [-0.2, -0.15) is 5.10 Å². The summed E-state index contributed by atoms with van der Waals surface area (Å²) in [7, 11) is 1.95. The Kier molecular flexibility index (Phi) is 3.18. The fourth-order valence-electron chi connectivity index (χ4n) is 2.60. The van der Waals surface area contributed by atoms with Crippen LogP contribution < -0.4 is 5.73 Å². The normalized spacial score (nSPS) is 11.3. The number of hydrogen-bond acceptors (Lipinski definition) is 3. The number of nitrogens with zero attached hydrogens (tertiary/aromatic N) is 4. The molecule has 5 heteroatoms. The fourth-order valence-corrected chi connectivity index (χ4v) is 2.60. The van der Waals surface area contributed by atoms with Gasteiger partial charge < -0.3 is 5.73 Å². The van der Waals surface area contributed by atoms with E-state index in [2.05, 4.69) is 45.8 Å². The summed E-state index contributed by atoms with van der Waals surface area (Å²) in [5, 5.41) is 4.50. The summed E-state index contributed by atoms with van der Waals surface area (Å²) < 4.78 is 3.93. The van der Waals surface area contributed by atoms with Gasteiger partial charge in [0.1, 0.15) is 5.52 Å². The van der Waals surface area contributed by atoms with Crippen molar-refractivity contribution in [3.63, 3.8) is 0 Å². The van der Waals surface area contributed by atoms with E-state index in [-0.39, 0.29) is 0 Å². The number of fused-ring (bicyclic) bond motifs is 1. The molecule has 0 radical (unpaired) electrons. The van der Waals surface area contributed by atoms with E-state index in [1.54, 1.807) is 0 Å². The van der Waals surface area contributed by atoms with Crippen LogP contribution in [0, 0.1) is 0 Å². The zero-order valence-corrected chi connectivity index (χ0v) is 11.9. The number of imidazole rings is 1. The maximum Gasteiger partial charge on any atom is 0.202 e. The molecule has 5 nitrogen and oxygen atoms in total. The van der Waals surface area contributed by atoms with Gasteiger partial charge in [-0.1, -0.05) is 37.3 Å². The van der Waals surface area contributed by atoms with Gasteiger partial charge in [0, 0.05) is 13.6 Å². The van der Waals surface area contributed by atoms with Crippen molar-refractivity contribution in [1.82, 2.24) is 19.3 Å². The molecule has 3 aromatic rings. The van der Waals surface area contributed by atoms with E-state index in [1.165, 1.54) is 5.56 Å². The molecule has 0 bridgehead atoms. The maximum atomic E-state index is 6.07. The van der Waals surface area contributed by atoms with Crippen LogP contribution in [0.2, 0.25) is 0 Å². The van der Waals surface area contributed by atoms with Crippen LogP contribution in [-0.4, -0.2) is 19.3 Å². The number of rotatable bonds is 4. The van der Waals surface area contributed by atoms with Crippen LogP contribution in [-0.2, 0) is 26.4 Å². The lowest BCUT2D eigenvalue weighted by atomic mass is 10.1. The maximum absolute atomic E-state index is 6.07. The van der Waals surface area contributed by atoms with Gasteiger partial charge in [0.05, 0.1) is 5.69 Å². The highest BCUT2D eigenvalue weighted by Crippen LogP contribution is 2.21. The first-order chi connectivity index (χ1) is 9.70. The minimum Gasteiger partial charge on any atom is -0.369 e. The molecule has 0 aliphatic heterocycles. The molecule has 2 aromatic heterocycles. The van der Waals surface area contributed by atoms with Crippen LogP contribution in [0.3, 0.4) is 0 Å². The smallest absolute Gasteiger partial charge is 0.202 e. The number of benzene rings is 1. The third kappa shape index (κ3) is 2.05. The summed E-state index contributed by atoms with van der Waals surface area (Å²) in [5.74, 6) is 0.568. The van der Waals surface area contributed by atoms with Crippen molar-refractivity contribution >= 4 is 17.1 Å². The average molecular weight is 269 g/mol. The highest BCUT2D eigenvalue weighted by Gasteiger charge is 2.16. The van der Waals surface area contributed by atoms with Crippen LogP contribution in [0.25, 0.3) is 11.2 Å². The lowest BCUT2D eigenvalue weighted by Crippen LogP contribution is -2.08. The van der Waals surface area contributed by atoms with Crippen molar-refractivity contribution in [2.45, 2.75) is 26.3 Å². The molecule has 0 unspecified atom stereocenters. The van der Waals surface area contributed by atoms with Gasteiger partial charge in [-0.25, -0.2) is 4.98 Å². The first kappa shape index (κ1) is 12.7. The summed E-state index contributed by atoms with van der Waals surface area (Å²) in [6, 6.07) is 10.4. The Bertz CT molecular complexity index is 724. The number of nitrogens with two attached hydrogens (primary N) is 1. The SMILES string of the molecule is CCc1nn(C)c2c1nc(N)n2CCc1ccccc1. The van der Waals surface area contributed by atoms with Crippen molar-refractivity contribution in [3.05, 3.63) is 41.6 Å². The molecule has 0 amide bonds. The van der Waals surface area contributed by atoms with Gasteiger partial charge >= 0.3 is 0 Å². The largest absolute Gasteiger partial charge is 0.369 e. The lowest BCUT2D eigenvalue weighted by molar-refractivity contribution is 0.676. The second kappa shape index (κ2) is 5.00. The summed E-state index contributed by atoms with van der Waals surface area (Å²) in [4.78, 5) is 4.47. The summed E-state index contributed by atoms with van der Waals surface area (Å²) >= 11 is 0. The van der Waals surface area contributed by atoms with E-state index in [4.69, 9.17) is 5.73 Å². The third-order valence-corrected chi connectivity index (χ3v) is 3.62. The van der Waals surface area contributed by atoms with Crippen LogP contribution in [0.5, 0.6) is 0 Å². The van der Waals surface area contributed by atoms with Gasteiger partial charge in [-0.05, 0) is 18.4 Å². The van der Waals surface area contributed by atoms with Crippen molar-refractivity contribution < 1.29 is 0 Å². The van der Waals surface area contributed by atoms with E-state index < -0.39 is 0 Å². The molecule has 104 valence electrons. The molecule has 0 aliphatic rings. The first-order valence-corrected chi connectivity index (χ1v) is 6.92. The Balaban J connectivity index is 1.95. The van der Waals surface area contributed by atoms with Crippen molar-refractivity contribution in [2.24, 2.45) is 7.05 Å². The first-order valence-electron chi connectivity index (χ1n) is 6.92. The molecule has 3 rings (SSSR count). The minimum absolute atomic E-state index is 0.568. The lowest BCUT2D eigenvalue weighted by Gasteiger charge is -2.07. The monoisotopic (exact) mass is 269 g/mol. The second-order valence-electron chi connectivity index (χ2n) is 4.95. The molecule has 0 saturated heterocycles. The third-order valence-electron chi connectivity index (χ3n) is 3.62. The zero-order chi connectivity index (χ0) is 14.1. The standard InChI is InChI=1S/C15H19N5/c1-3-12-13-14(19(2)18-12)20(15(16)17-13)10-9-11-7-5-4-6-8-11/h4-8H,3,9-10H2,1-2H3,(H2,16,17). The van der Waals surface area contributed by atoms with Gasteiger partial charge in [-0.3, -0.25) is 9.25 Å². The predicted octanol–water partition coefficient (Wildman–Crippen LogP) is 2.16. The molecule has 0 saturated carbocycles. The van der Waals surface area contributed by atoms with E-state index in [0.717, 1.165) is 36.2 Å². The Morgan fingerprint density at radius 3 is 2.65 bits per heavy atom. The number of hydrogen-bond donors (Lipinski definition) is 1. The average Bonchev–Trinajstić information content (AvgIpc) is 2.95. The predicted molar refractivity (Wildman–Crippen MR) is 80.4 cm³/mol. The minimum atomic E-state index is 0.568. The molecule has 20 heavy (non-hydrogen) atoms. The zero-order valence-electron chi connectivity index (χ0n) is 11.9. The van der Waals surface area contributed by atoms with E-state index in [0.29, 0.717) is 5.95 Å². The number of aryl methyl sites for hydroxylation is 4. The topological polar surface area (TPSA) is 61.7 Å². The van der Waals surface area contributed by atoms with Gasteiger partial charge in [0.25, 0.3) is 0 Å². The van der Waals surface area contributed by atoms with E-state index >= 15 is 0 Å². The molecule has 0 atom stereocenters. The van der Waals surface area contributed by atoms with Crippen LogP contribution in [0.4, 0.5) is 5.95 Å². The van der Waals surface area contributed by atoms with Crippen molar-refractivity contribution in [2.75, 3.05) is 5.73 Å². The summed E-state index contributed by atoms with van der Waals surface area (Å²) in [6.45, 7) is 2.90. The number of aromatic nitrogens is 4. The summed E-state index contributed by atoms with van der Waals surface area (Å²) in [6.07, 6.45) is 1.80. The molecule has 2 N–H and O–H groups in total. The van der Waals surface area contributed by atoms with Crippen LogP contribution >= 0.6 is 0 Å². The Hall–Kier alpha value is -2.30. The quantitative estimate of drug-likeness (QED) is 0.789. The molecule has 0 fully saturated rings. The van der Waals surface area contributed by atoms with Gasteiger partial charge in [0.2, 0.25) is 5.95 Å². The molecular formula is C15H19N5. The molecule has 1 aromatic carbocycles. The molecule has 0 spiro atoms. The fraction of sp³-hybridized carbons (Fsp3) is 0.333. The van der Waals surface area contributed by atoms with E-state index in [9.17, 15) is 0 Å². The molecular weight excluding hydrogens is 250 g/mol. The number of nitrogen functional groups attached to an aromatic ring is 1. The number of anilines is 1. The molecule has 0 aliphatic carbocycles. The van der Waals surface area contributed by atoms with Crippen LogP contribution in [0.1, 0.15) is 18.2 Å². The van der Waals surface area contributed by atoms with E-state index in [1.807, 2.05) is 17.8 Å². The Morgan fingerprint density at radius 2 is 1.95 bits per heavy atom. The highest BCUT2D eigenvalue weighted by molar-refractivity contribution is 5.77. The van der Waals surface area contributed by atoms with Crippen molar-refractivity contribution in [3.8, 4) is 0 Å². The Morgan fingerprint density at radius 1 is 1.20 bits per heavy atom. The van der Waals surface area contributed by atoms with Gasteiger partial charge in [-0.15, -0.1) is 0 Å². The van der Waals surface area contributed by atoms with Crippen molar-refractivity contribution in [1.29, 1.82) is 0 Å². The Labute approximate surface area is 118 Å². The second-order valence-corrected chi connectivity index (χ2v) is 4.95.